The Morgan fingerprint density at radius 2 is 1.87 bits per heavy atom. The van der Waals surface area contributed by atoms with Gasteiger partial charge in [-0.05, 0) is 25.1 Å². The maximum absolute atomic E-state index is 12.4. The number of hydrogen-bond donors (Lipinski definition) is 2. The van der Waals surface area contributed by atoms with Gasteiger partial charge in [0, 0.05) is 43.3 Å². The SMILES string of the molecule is CN1CCN(C(=O)C(N)Cc2c[nH]c3ccccc23)CC1.Cl.Cl. The normalized spacial score (nSPS) is 16.5. The molecule has 1 unspecified atom stereocenters. The fraction of sp³-hybridized carbons (Fsp3) is 0.438. The fourth-order valence-corrected chi connectivity index (χ4v) is 2.89. The number of fused-ring (bicyclic) bond motifs is 1. The number of nitrogens with one attached hydrogen (secondary N) is 1. The number of aromatic nitrogens is 1. The molecule has 1 aliphatic rings. The van der Waals surface area contributed by atoms with Gasteiger partial charge in [-0.1, -0.05) is 18.2 Å². The Hall–Kier alpha value is -1.27. The zero-order chi connectivity index (χ0) is 14.8. The van der Waals surface area contributed by atoms with Gasteiger partial charge >= 0.3 is 0 Å². The van der Waals surface area contributed by atoms with Gasteiger partial charge in [-0.15, -0.1) is 24.8 Å². The lowest BCUT2D eigenvalue weighted by Crippen LogP contribution is -2.52. The summed E-state index contributed by atoms with van der Waals surface area (Å²) in [4.78, 5) is 19.8. The lowest BCUT2D eigenvalue weighted by atomic mass is 10.0. The van der Waals surface area contributed by atoms with Crippen LogP contribution in [0.25, 0.3) is 10.9 Å². The lowest BCUT2D eigenvalue weighted by molar-refractivity contribution is -0.134. The van der Waals surface area contributed by atoms with Crippen LogP contribution in [0.3, 0.4) is 0 Å². The van der Waals surface area contributed by atoms with Crippen molar-refractivity contribution in [2.45, 2.75) is 12.5 Å². The van der Waals surface area contributed by atoms with Gasteiger partial charge in [-0.25, -0.2) is 0 Å². The molecule has 1 aliphatic heterocycles. The number of halogens is 2. The molecular formula is C16H24Cl2N4O. The third-order valence-corrected chi connectivity index (χ3v) is 4.25. The largest absolute Gasteiger partial charge is 0.361 e. The molecule has 3 N–H and O–H groups in total. The molecule has 2 aromatic rings. The smallest absolute Gasteiger partial charge is 0.239 e. The monoisotopic (exact) mass is 358 g/mol. The van der Waals surface area contributed by atoms with E-state index in [-0.39, 0.29) is 30.7 Å². The second-order valence-corrected chi connectivity index (χ2v) is 5.80. The first-order valence-electron chi connectivity index (χ1n) is 7.43. The van der Waals surface area contributed by atoms with Crippen LogP contribution in [0.5, 0.6) is 0 Å². The third kappa shape index (κ3) is 4.38. The van der Waals surface area contributed by atoms with E-state index in [0.717, 1.165) is 42.6 Å². The van der Waals surface area contributed by atoms with Crippen molar-refractivity contribution in [3.63, 3.8) is 0 Å². The highest BCUT2D eigenvalue weighted by Crippen LogP contribution is 2.19. The Morgan fingerprint density at radius 3 is 2.57 bits per heavy atom. The molecule has 23 heavy (non-hydrogen) atoms. The van der Waals surface area contributed by atoms with E-state index in [1.807, 2.05) is 29.3 Å². The van der Waals surface area contributed by atoms with Crippen molar-refractivity contribution >= 4 is 41.6 Å². The highest BCUT2D eigenvalue weighted by Gasteiger charge is 2.24. The predicted molar refractivity (Wildman–Crippen MR) is 98.6 cm³/mol. The molecule has 0 spiro atoms. The van der Waals surface area contributed by atoms with Gasteiger partial charge in [-0.2, -0.15) is 0 Å². The first-order valence-corrected chi connectivity index (χ1v) is 7.43. The number of hydrogen-bond acceptors (Lipinski definition) is 3. The molecule has 0 saturated carbocycles. The molecule has 1 atom stereocenters. The molecule has 5 nitrogen and oxygen atoms in total. The molecule has 0 bridgehead atoms. The summed E-state index contributed by atoms with van der Waals surface area (Å²) >= 11 is 0. The van der Waals surface area contributed by atoms with Crippen LogP contribution in [0, 0.1) is 0 Å². The number of para-hydroxylation sites is 1. The van der Waals surface area contributed by atoms with Crippen molar-refractivity contribution in [3.8, 4) is 0 Å². The number of piperazine rings is 1. The van der Waals surface area contributed by atoms with Crippen molar-refractivity contribution in [3.05, 3.63) is 36.0 Å². The first kappa shape index (κ1) is 19.8. The zero-order valence-electron chi connectivity index (χ0n) is 13.2. The molecule has 3 rings (SSSR count). The van der Waals surface area contributed by atoms with E-state index in [0.29, 0.717) is 6.42 Å². The van der Waals surface area contributed by atoms with E-state index in [1.165, 1.54) is 0 Å². The van der Waals surface area contributed by atoms with Crippen LogP contribution in [-0.2, 0) is 11.2 Å². The summed E-state index contributed by atoms with van der Waals surface area (Å²) in [6.07, 6.45) is 2.54. The number of amides is 1. The van der Waals surface area contributed by atoms with Gasteiger partial charge in [-0.3, -0.25) is 4.79 Å². The number of carbonyl (C=O) groups excluding carboxylic acids is 1. The van der Waals surface area contributed by atoms with Gasteiger partial charge in [0.25, 0.3) is 0 Å². The van der Waals surface area contributed by atoms with Gasteiger partial charge in [0.05, 0.1) is 6.04 Å². The van der Waals surface area contributed by atoms with Crippen LogP contribution in [0.15, 0.2) is 30.5 Å². The molecule has 1 saturated heterocycles. The van der Waals surface area contributed by atoms with Gasteiger partial charge in [0.15, 0.2) is 0 Å². The summed E-state index contributed by atoms with van der Waals surface area (Å²) in [6, 6.07) is 7.64. The molecule has 2 heterocycles. The number of benzene rings is 1. The summed E-state index contributed by atoms with van der Waals surface area (Å²) in [5, 5.41) is 1.15. The third-order valence-electron chi connectivity index (χ3n) is 4.25. The summed E-state index contributed by atoms with van der Waals surface area (Å²) in [7, 11) is 2.08. The number of nitrogens with two attached hydrogens (primary N) is 1. The van der Waals surface area contributed by atoms with E-state index in [1.54, 1.807) is 0 Å². The van der Waals surface area contributed by atoms with E-state index < -0.39 is 6.04 Å². The quantitative estimate of drug-likeness (QED) is 0.876. The topological polar surface area (TPSA) is 65.4 Å². The average molecular weight is 359 g/mol. The second-order valence-electron chi connectivity index (χ2n) is 5.80. The summed E-state index contributed by atoms with van der Waals surface area (Å²) in [5.41, 5.74) is 8.35. The first-order chi connectivity index (χ1) is 10.1. The number of aromatic amines is 1. The van der Waals surface area contributed by atoms with Crippen LogP contribution in [0.1, 0.15) is 5.56 Å². The Balaban J connectivity index is 0.00000132. The average Bonchev–Trinajstić information content (AvgIpc) is 2.91. The number of H-pyrrole nitrogens is 1. The standard InChI is InChI=1S/C16H22N4O.2ClH/c1-19-6-8-20(9-7-19)16(21)14(17)10-12-11-18-15-5-3-2-4-13(12)15;;/h2-5,11,14,18H,6-10,17H2,1H3;2*1H. The zero-order valence-corrected chi connectivity index (χ0v) is 14.8. The summed E-state index contributed by atoms with van der Waals surface area (Å²) < 4.78 is 0. The Labute approximate surface area is 149 Å². The van der Waals surface area contributed by atoms with E-state index in [4.69, 9.17) is 5.73 Å². The number of nitrogens with zero attached hydrogens (tertiary/aromatic N) is 2. The number of likely N-dealkylation sites (N-methyl/N-ethyl adjacent to an activating group) is 1. The number of carbonyl (C=O) groups is 1. The Kier molecular flexibility index (Phi) is 7.35. The van der Waals surface area contributed by atoms with Crippen molar-refractivity contribution < 1.29 is 4.79 Å². The van der Waals surface area contributed by atoms with Crippen molar-refractivity contribution in [1.82, 2.24) is 14.8 Å². The van der Waals surface area contributed by atoms with Crippen LogP contribution in [-0.4, -0.2) is 60.0 Å². The van der Waals surface area contributed by atoms with Crippen molar-refractivity contribution in [1.29, 1.82) is 0 Å². The highest BCUT2D eigenvalue weighted by atomic mass is 35.5. The van der Waals surface area contributed by atoms with Gasteiger partial charge in [0.2, 0.25) is 5.91 Å². The minimum absolute atomic E-state index is 0. The molecular weight excluding hydrogens is 335 g/mol. The van der Waals surface area contributed by atoms with E-state index in [9.17, 15) is 4.79 Å². The molecule has 128 valence electrons. The van der Waals surface area contributed by atoms with Crippen LogP contribution < -0.4 is 5.73 Å². The van der Waals surface area contributed by atoms with Crippen LogP contribution >= 0.6 is 24.8 Å². The second kappa shape index (κ2) is 8.55. The summed E-state index contributed by atoms with van der Waals surface area (Å²) in [6.45, 7) is 3.39. The van der Waals surface area contributed by atoms with E-state index in [2.05, 4.69) is 23.0 Å². The minimum atomic E-state index is -0.465. The summed E-state index contributed by atoms with van der Waals surface area (Å²) in [5.74, 6) is 0.0633. The number of rotatable bonds is 3. The highest BCUT2D eigenvalue weighted by molar-refractivity contribution is 5.86. The van der Waals surface area contributed by atoms with Gasteiger partial charge in [0.1, 0.15) is 0 Å². The molecule has 1 amide bonds. The van der Waals surface area contributed by atoms with Crippen molar-refractivity contribution in [2.75, 3.05) is 33.2 Å². The maximum atomic E-state index is 12.4. The maximum Gasteiger partial charge on any atom is 0.239 e. The van der Waals surface area contributed by atoms with Crippen LogP contribution in [0.4, 0.5) is 0 Å². The molecule has 1 aromatic heterocycles. The van der Waals surface area contributed by atoms with Gasteiger partial charge < -0.3 is 20.5 Å². The Morgan fingerprint density at radius 1 is 1.22 bits per heavy atom. The molecule has 0 radical (unpaired) electrons. The van der Waals surface area contributed by atoms with Crippen molar-refractivity contribution in [2.24, 2.45) is 5.73 Å². The predicted octanol–water partition coefficient (Wildman–Crippen LogP) is 1.66. The lowest BCUT2D eigenvalue weighted by Gasteiger charge is -2.33. The Bertz CT molecular complexity index is 638. The molecule has 0 aliphatic carbocycles. The van der Waals surface area contributed by atoms with Crippen LogP contribution in [0.2, 0.25) is 0 Å². The fourth-order valence-electron chi connectivity index (χ4n) is 2.89. The minimum Gasteiger partial charge on any atom is -0.361 e. The van der Waals surface area contributed by atoms with E-state index >= 15 is 0 Å². The molecule has 1 fully saturated rings. The molecule has 7 heteroatoms. The molecule has 1 aromatic carbocycles.